The number of sulfonamides is 1. The fourth-order valence-electron chi connectivity index (χ4n) is 2.16. The second-order valence-electron chi connectivity index (χ2n) is 5.14. The lowest BCUT2D eigenvalue weighted by Crippen LogP contribution is -2.22. The minimum absolute atomic E-state index is 0.0339. The Bertz CT molecular complexity index is 878. The Morgan fingerprint density at radius 2 is 1.68 bits per heavy atom. The van der Waals surface area contributed by atoms with E-state index in [1.54, 1.807) is 13.0 Å². The number of methoxy groups -OCH3 is 2. The molecule has 0 aliphatic heterocycles. The van der Waals surface area contributed by atoms with Crippen molar-refractivity contribution in [3.8, 4) is 11.8 Å². The summed E-state index contributed by atoms with van der Waals surface area (Å²) in [5.41, 5.74) is 0.157. The van der Waals surface area contributed by atoms with Crippen LogP contribution in [0.4, 0.5) is 14.5 Å². The van der Waals surface area contributed by atoms with Crippen LogP contribution >= 0.6 is 11.6 Å². The molecule has 1 aromatic heterocycles. The molecule has 2 N–H and O–H groups in total. The van der Waals surface area contributed by atoms with Crippen LogP contribution in [0.25, 0.3) is 0 Å². The maximum Gasteiger partial charge on any atom is 0.355 e. The van der Waals surface area contributed by atoms with Crippen LogP contribution < -0.4 is 14.2 Å². The SMILES string of the molecule is CO.COc1cc(OC)nc(C(C)c2cccc(Cl)c2NS(=O)(=O)C(F)F)n1. The van der Waals surface area contributed by atoms with Crippen molar-refractivity contribution in [1.29, 1.82) is 0 Å². The summed E-state index contributed by atoms with van der Waals surface area (Å²) in [5.74, 6) is -3.50. The number of hydrogen-bond acceptors (Lipinski definition) is 7. The first-order valence-corrected chi connectivity index (χ1v) is 9.62. The van der Waals surface area contributed by atoms with Crippen molar-refractivity contribution in [3.63, 3.8) is 0 Å². The van der Waals surface area contributed by atoms with Gasteiger partial charge >= 0.3 is 5.76 Å². The van der Waals surface area contributed by atoms with Crippen LogP contribution in [0.1, 0.15) is 24.2 Å². The van der Waals surface area contributed by atoms with Crippen LogP contribution in [0.2, 0.25) is 5.02 Å². The number of rotatable bonds is 7. The number of aliphatic hydroxyl groups is 1. The lowest BCUT2D eigenvalue weighted by Gasteiger charge is -2.18. The summed E-state index contributed by atoms with van der Waals surface area (Å²) in [6.07, 6.45) is 0. The number of aliphatic hydroxyl groups excluding tert-OH is 1. The number of halogens is 3. The van der Waals surface area contributed by atoms with E-state index in [4.69, 9.17) is 26.2 Å². The molecule has 0 saturated heterocycles. The predicted octanol–water partition coefficient (Wildman–Crippen LogP) is 2.87. The number of ether oxygens (including phenoxy) is 2. The molecule has 28 heavy (non-hydrogen) atoms. The quantitative estimate of drug-likeness (QED) is 0.682. The Labute approximate surface area is 166 Å². The summed E-state index contributed by atoms with van der Waals surface area (Å²) in [6, 6.07) is 5.95. The number of alkyl halides is 2. The van der Waals surface area contributed by atoms with E-state index in [0.717, 1.165) is 7.11 Å². The fourth-order valence-corrected chi connectivity index (χ4v) is 3.05. The molecule has 0 radical (unpaired) electrons. The zero-order valence-corrected chi connectivity index (χ0v) is 17.1. The summed E-state index contributed by atoms with van der Waals surface area (Å²) in [5, 5.41) is 6.97. The predicted molar refractivity (Wildman–Crippen MR) is 101 cm³/mol. The highest BCUT2D eigenvalue weighted by atomic mass is 35.5. The third kappa shape index (κ3) is 5.63. The topological polar surface area (TPSA) is 111 Å². The highest BCUT2D eigenvalue weighted by molar-refractivity contribution is 7.93. The highest BCUT2D eigenvalue weighted by Gasteiger charge is 2.28. The summed E-state index contributed by atoms with van der Waals surface area (Å²) in [7, 11) is -1.07. The van der Waals surface area contributed by atoms with Gasteiger partial charge in [-0.25, -0.2) is 8.42 Å². The van der Waals surface area contributed by atoms with E-state index < -0.39 is 21.7 Å². The Morgan fingerprint density at radius 1 is 1.14 bits per heavy atom. The van der Waals surface area contributed by atoms with Gasteiger partial charge in [-0.1, -0.05) is 30.7 Å². The summed E-state index contributed by atoms with van der Waals surface area (Å²) in [6.45, 7) is 1.67. The number of aromatic nitrogens is 2. The van der Waals surface area contributed by atoms with Gasteiger partial charge in [-0.2, -0.15) is 18.7 Å². The van der Waals surface area contributed by atoms with E-state index in [2.05, 4.69) is 9.97 Å². The van der Waals surface area contributed by atoms with E-state index in [1.807, 2.05) is 4.72 Å². The van der Waals surface area contributed by atoms with Gasteiger partial charge in [0.2, 0.25) is 11.8 Å². The fraction of sp³-hybridized carbons (Fsp3) is 0.375. The van der Waals surface area contributed by atoms with Gasteiger partial charge in [-0.15, -0.1) is 0 Å². The molecule has 0 aliphatic rings. The maximum absolute atomic E-state index is 12.7. The van der Waals surface area contributed by atoms with Gasteiger partial charge in [0.1, 0.15) is 5.82 Å². The lowest BCUT2D eigenvalue weighted by atomic mass is 9.98. The minimum Gasteiger partial charge on any atom is -0.481 e. The van der Waals surface area contributed by atoms with Crippen molar-refractivity contribution >= 4 is 27.3 Å². The second kappa shape index (κ2) is 10.3. The number of hydrogen-bond donors (Lipinski definition) is 2. The molecular weight excluding hydrogens is 420 g/mol. The van der Waals surface area contributed by atoms with Gasteiger partial charge in [0.15, 0.2) is 0 Å². The number of anilines is 1. The smallest absolute Gasteiger partial charge is 0.355 e. The number of nitrogens with one attached hydrogen (secondary N) is 1. The van der Waals surface area contributed by atoms with Crippen molar-refractivity contribution < 1.29 is 31.8 Å². The first kappa shape index (κ1) is 23.8. The average molecular weight is 440 g/mol. The Balaban J connectivity index is 0.00000190. The van der Waals surface area contributed by atoms with E-state index in [-0.39, 0.29) is 28.3 Å². The number of benzene rings is 1. The zero-order chi connectivity index (χ0) is 21.5. The van der Waals surface area contributed by atoms with Crippen molar-refractivity contribution in [2.24, 2.45) is 0 Å². The third-order valence-corrected chi connectivity index (χ3v) is 4.77. The van der Waals surface area contributed by atoms with Crippen LogP contribution in [0.5, 0.6) is 11.8 Å². The molecular formula is C16H20ClF2N3O5S. The van der Waals surface area contributed by atoms with E-state index in [1.165, 1.54) is 32.4 Å². The molecule has 12 heteroatoms. The van der Waals surface area contributed by atoms with Crippen LogP contribution in [0, 0.1) is 0 Å². The van der Waals surface area contributed by atoms with Crippen LogP contribution in [-0.4, -0.2) is 50.6 Å². The van der Waals surface area contributed by atoms with Gasteiger partial charge in [0, 0.05) is 13.0 Å². The molecule has 0 fully saturated rings. The molecule has 0 amide bonds. The Hall–Kier alpha value is -2.24. The monoisotopic (exact) mass is 439 g/mol. The summed E-state index contributed by atoms with van der Waals surface area (Å²) < 4.78 is 60.6. The first-order valence-electron chi connectivity index (χ1n) is 7.69. The van der Waals surface area contributed by atoms with Crippen LogP contribution in [0.3, 0.4) is 0 Å². The number of nitrogens with zero attached hydrogens (tertiary/aromatic N) is 2. The molecule has 8 nitrogen and oxygen atoms in total. The molecule has 1 aromatic carbocycles. The molecule has 1 heterocycles. The average Bonchev–Trinajstić information content (AvgIpc) is 2.69. The van der Waals surface area contributed by atoms with E-state index >= 15 is 0 Å². The minimum atomic E-state index is -4.90. The summed E-state index contributed by atoms with van der Waals surface area (Å²) >= 11 is 6.03. The molecule has 2 aromatic rings. The molecule has 2 rings (SSSR count). The Kier molecular flexibility index (Phi) is 8.79. The molecule has 156 valence electrons. The normalized spacial score (nSPS) is 12.0. The van der Waals surface area contributed by atoms with E-state index in [0.29, 0.717) is 5.56 Å². The molecule has 1 atom stereocenters. The van der Waals surface area contributed by atoms with Crippen molar-refractivity contribution in [1.82, 2.24) is 9.97 Å². The lowest BCUT2D eigenvalue weighted by molar-refractivity contribution is 0.236. The van der Waals surface area contributed by atoms with Crippen LogP contribution in [0.15, 0.2) is 24.3 Å². The van der Waals surface area contributed by atoms with E-state index in [9.17, 15) is 17.2 Å². The standard InChI is InChI=1S/C15H16ClF2N3O4S.CH4O/c1-8(14-19-11(24-2)7-12(20-14)25-3)9-5-4-6-10(16)13(9)21-26(22,23)15(17)18;1-2/h4-8,15,21H,1-3H3;2H,1H3. The van der Waals surface area contributed by atoms with Crippen molar-refractivity contribution in [2.75, 3.05) is 26.1 Å². The van der Waals surface area contributed by atoms with Crippen molar-refractivity contribution in [2.45, 2.75) is 18.6 Å². The maximum atomic E-state index is 12.7. The van der Waals surface area contributed by atoms with Gasteiger partial charge in [0.25, 0.3) is 10.0 Å². The van der Waals surface area contributed by atoms with Gasteiger partial charge in [-0.3, -0.25) is 4.72 Å². The third-order valence-electron chi connectivity index (χ3n) is 3.49. The molecule has 0 spiro atoms. The highest BCUT2D eigenvalue weighted by Crippen LogP contribution is 2.35. The van der Waals surface area contributed by atoms with Gasteiger partial charge < -0.3 is 14.6 Å². The molecule has 1 unspecified atom stereocenters. The van der Waals surface area contributed by atoms with Crippen molar-refractivity contribution in [3.05, 3.63) is 40.7 Å². The zero-order valence-electron chi connectivity index (χ0n) is 15.5. The molecule has 0 saturated carbocycles. The largest absolute Gasteiger partial charge is 0.481 e. The first-order chi connectivity index (χ1) is 13.2. The second-order valence-corrected chi connectivity index (χ2v) is 7.20. The summed E-state index contributed by atoms with van der Waals surface area (Å²) in [4.78, 5) is 8.39. The molecule has 0 aliphatic carbocycles. The van der Waals surface area contributed by atoms with Crippen LogP contribution in [-0.2, 0) is 10.0 Å². The van der Waals surface area contributed by atoms with Gasteiger partial charge in [-0.05, 0) is 11.6 Å². The molecule has 0 bridgehead atoms. The van der Waals surface area contributed by atoms with Gasteiger partial charge in [0.05, 0.1) is 31.0 Å². The number of para-hydroxylation sites is 1. The Morgan fingerprint density at radius 3 is 2.14 bits per heavy atom.